The van der Waals surface area contributed by atoms with Gasteiger partial charge in [0, 0.05) is 0 Å². The molecule has 1 unspecified atom stereocenters. The maximum atomic E-state index is 13.1. The minimum absolute atomic E-state index is 0.00712. The molecule has 0 saturated heterocycles. The Balaban J connectivity index is 1.64. The molecule has 0 bridgehead atoms. The summed E-state index contributed by atoms with van der Waals surface area (Å²) < 4.78 is 24.2. The van der Waals surface area contributed by atoms with Gasteiger partial charge in [-0.25, -0.2) is 9.37 Å². The second-order valence-corrected chi connectivity index (χ2v) is 6.94. The van der Waals surface area contributed by atoms with Crippen LogP contribution in [0.5, 0.6) is 11.5 Å². The number of nitrogens with one attached hydrogen (secondary N) is 1. The second kappa shape index (κ2) is 7.89. The van der Waals surface area contributed by atoms with Crippen molar-refractivity contribution in [2.45, 2.75) is 19.3 Å². The molecule has 28 heavy (non-hydrogen) atoms. The normalized spacial score (nSPS) is 17.1. The van der Waals surface area contributed by atoms with Crippen molar-refractivity contribution in [3.8, 4) is 22.6 Å². The molecule has 1 aromatic heterocycles. The van der Waals surface area contributed by atoms with Crippen LogP contribution in [0, 0.1) is 5.92 Å². The number of nitrogens with zero attached hydrogens (tertiary/aromatic N) is 1. The summed E-state index contributed by atoms with van der Waals surface area (Å²) in [5, 5.41) is 0. The molecule has 0 amide bonds. The Bertz CT molecular complexity index is 1030. The van der Waals surface area contributed by atoms with Crippen LogP contribution in [0.4, 0.5) is 4.39 Å². The Morgan fingerprint density at radius 1 is 1.14 bits per heavy atom. The summed E-state index contributed by atoms with van der Waals surface area (Å²) in [7, 11) is 3.31. The molecule has 0 radical (unpaired) electrons. The Hall–Kier alpha value is -3.08. The summed E-state index contributed by atoms with van der Waals surface area (Å²) in [5.74, 6) is 2.68. The molecule has 1 aliphatic carbocycles. The SMILES string of the molecule is COc1cccc(OC)c1-c1ccc2[nH]c(C=CC3CC=C(F)CC3)nc2c1. The number of allylic oxidation sites excluding steroid dienone is 3. The fourth-order valence-electron chi connectivity index (χ4n) is 3.62. The monoisotopic (exact) mass is 378 g/mol. The van der Waals surface area contributed by atoms with E-state index in [1.54, 1.807) is 20.3 Å². The molecule has 0 aliphatic heterocycles. The third kappa shape index (κ3) is 3.65. The van der Waals surface area contributed by atoms with Crippen LogP contribution >= 0.6 is 0 Å². The van der Waals surface area contributed by atoms with E-state index < -0.39 is 0 Å². The van der Waals surface area contributed by atoms with E-state index in [2.05, 4.69) is 11.1 Å². The molecule has 3 aromatic rings. The maximum Gasteiger partial charge on any atom is 0.130 e. The number of rotatable bonds is 5. The van der Waals surface area contributed by atoms with Gasteiger partial charge in [-0.15, -0.1) is 0 Å². The molecule has 0 spiro atoms. The van der Waals surface area contributed by atoms with Crippen molar-refractivity contribution >= 4 is 17.1 Å². The summed E-state index contributed by atoms with van der Waals surface area (Å²) in [6.07, 6.45) is 7.91. The number of halogens is 1. The van der Waals surface area contributed by atoms with Crippen LogP contribution < -0.4 is 9.47 Å². The lowest BCUT2D eigenvalue weighted by molar-refractivity contribution is 0.397. The maximum absolute atomic E-state index is 13.1. The zero-order chi connectivity index (χ0) is 19.5. The van der Waals surface area contributed by atoms with Gasteiger partial charge in [0.1, 0.15) is 17.3 Å². The van der Waals surface area contributed by atoms with Gasteiger partial charge in [-0.3, -0.25) is 0 Å². The van der Waals surface area contributed by atoms with Gasteiger partial charge in [-0.1, -0.05) is 24.3 Å². The number of imidazole rings is 1. The van der Waals surface area contributed by atoms with Crippen LogP contribution in [0.15, 0.2) is 54.4 Å². The fourth-order valence-corrected chi connectivity index (χ4v) is 3.62. The molecule has 144 valence electrons. The van der Waals surface area contributed by atoms with E-state index in [0.717, 1.165) is 52.3 Å². The van der Waals surface area contributed by atoms with Gasteiger partial charge in [0.25, 0.3) is 0 Å². The van der Waals surface area contributed by atoms with E-state index in [0.29, 0.717) is 12.3 Å². The summed E-state index contributed by atoms with van der Waals surface area (Å²) in [6, 6.07) is 11.8. The first-order chi connectivity index (χ1) is 13.7. The van der Waals surface area contributed by atoms with E-state index in [9.17, 15) is 4.39 Å². The molecule has 0 saturated carbocycles. The van der Waals surface area contributed by atoms with E-state index >= 15 is 0 Å². The summed E-state index contributed by atoms with van der Waals surface area (Å²) in [4.78, 5) is 8.03. The lowest BCUT2D eigenvalue weighted by atomic mass is 9.93. The number of hydrogen-bond acceptors (Lipinski definition) is 3. The van der Waals surface area contributed by atoms with Crippen LogP contribution in [-0.4, -0.2) is 24.2 Å². The zero-order valence-electron chi connectivity index (χ0n) is 16.0. The molecule has 4 nitrogen and oxygen atoms in total. The molecular formula is C23H23FN2O2. The van der Waals surface area contributed by atoms with Crippen LogP contribution in [0.25, 0.3) is 28.2 Å². The van der Waals surface area contributed by atoms with E-state index in [1.807, 2.05) is 42.5 Å². The minimum Gasteiger partial charge on any atom is -0.496 e. The molecule has 1 aliphatic rings. The lowest BCUT2D eigenvalue weighted by Crippen LogP contribution is -2.00. The average molecular weight is 378 g/mol. The molecule has 1 heterocycles. The average Bonchev–Trinajstić information content (AvgIpc) is 3.14. The molecule has 1 N–H and O–H groups in total. The van der Waals surface area contributed by atoms with Crippen LogP contribution in [0.2, 0.25) is 0 Å². The zero-order valence-corrected chi connectivity index (χ0v) is 16.0. The van der Waals surface area contributed by atoms with Gasteiger partial charge in [-0.05, 0) is 61.1 Å². The van der Waals surface area contributed by atoms with Crippen LogP contribution in [0.3, 0.4) is 0 Å². The number of aromatic amines is 1. The quantitative estimate of drug-likeness (QED) is 0.600. The van der Waals surface area contributed by atoms with Gasteiger partial charge in [0.05, 0.1) is 36.6 Å². The summed E-state index contributed by atoms with van der Waals surface area (Å²) in [6.45, 7) is 0. The van der Waals surface area contributed by atoms with Crippen molar-refractivity contribution in [3.63, 3.8) is 0 Å². The Morgan fingerprint density at radius 2 is 1.93 bits per heavy atom. The molecule has 5 heteroatoms. The predicted octanol–water partition coefficient (Wildman–Crippen LogP) is 5.91. The van der Waals surface area contributed by atoms with E-state index in [1.165, 1.54) is 0 Å². The van der Waals surface area contributed by atoms with E-state index in [4.69, 9.17) is 14.5 Å². The third-order valence-electron chi connectivity index (χ3n) is 5.14. The highest BCUT2D eigenvalue weighted by atomic mass is 19.1. The highest BCUT2D eigenvalue weighted by molar-refractivity contribution is 5.86. The highest BCUT2D eigenvalue weighted by Gasteiger charge is 2.14. The Kier molecular flexibility index (Phi) is 5.15. The molecule has 1 atom stereocenters. The van der Waals surface area contributed by atoms with Gasteiger partial charge >= 0.3 is 0 Å². The van der Waals surface area contributed by atoms with Crippen molar-refractivity contribution in [2.24, 2.45) is 5.92 Å². The molecule has 2 aromatic carbocycles. The number of fused-ring (bicyclic) bond motifs is 1. The first-order valence-corrected chi connectivity index (χ1v) is 9.42. The first kappa shape index (κ1) is 18.3. The summed E-state index contributed by atoms with van der Waals surface area (Å²) >= 11 is 0. The smallest absolute Gasteiger partial charge is 0.130 e. The fraction of sp³-hybridized carbons (Fsp3) is 0.261. The number of benzene rings is 2. The molecule has 4 rings (SSSR count). The molecular weight excluding hydrogens is 355 g/mol. The number of ether oxygens (including phenoxy) is 2. The number of hydrogen-bond donors (Lipinski definition) is 1. The lowest BCUT2D eigenvalue weighted by Gasteiger charge is -2.14. The molecule has 0 fully saturated rings. The van der Waals surface area contributed by atoms with Crippen molar-refractivity contribution in [2.75, 3.05) is 14.2 Å². The van der Waals surface area contributed by atoms with Gasteiger partial charge < -0.3 is 14.5 Å². The number of H-pyrrole nitrogens is 1. The standard InChI is InChI=1S/C23H23FN2O2/c1-27-20-4-3-5-21(28-2)23(20)16-9-12-18-19(14-16)26-22(25-18)13-8-15-6-10-17(24)11-7-15/h3-5,8-10,12-15H,6-7,11H2,1-2H3,(H,25,26). The Morgan fingerprint density at radius 3 is 2.61 bits per heavy atom. The Labute approximate surface area is 163 Å². The second-order valence-electron chi connectivity index (χ2n) is 6.94. The van der Waals surface area contributed by atoms with Crippen LogP contribution in [-0.2, 0) is 0 Å². The van der Waals surface area contributed by atoms with Crippen molar-refractivity contribution in [1.29, 1.82) is 0 Å². The van der Waals surface area contributed by atoms with Gasteiger partial charge in [0.15, 0.2) is 0 Å². The minimum atomic E-state index is 0.00712. The van der Waals surface area contributed by atoms with Gasteiger partial charge in [0.2, 0.25) is 0 Å². The van der Waals surface area contributed by atoms with E-state index in [-0.39, 0.29) is 5.83 Å². The largest absolute Gasteiger partial charge is 0.496 e. The highest BCUT2D eigenvalue weighted by Crippen LogP contribution is 2.39. The first-order valence-electron chi connectivity index (χ1n) is 9.42. The number of methoxy groups -OCH3 is 2. The van der Waals surface area contributed by atoms with Crippen molar-refractivity contribution in [3.05, 3.63) is 60.2 Å². The van der Waals surface area contributed by atoms with Crippen molar-refractivity contribution in [1.82, 2.24) is 9.97 Å². The third-order valence-corrected chi connectivity index (χ3v) is 5.14. The van der Waals surface area contributed by atoms with Crippen LogP contribution in [0.1, 0.15) is 25.1 Å². The number of aromatic nitrogens is 2. The van der Waals surface area contributed by atoms with Gasteiger partial charge in [-0.2, -0.15) is 0 Å². The summed E-state index contributed by atoms with van der Waals surface area (Å²) in [5.41, 5.74) is 3.73. The van der Waals surface area contributed by atoms with Crippen molar-refractivity contribution < 1.29 is 13.9 Å². The predicted molar refractivity (Wildman–Crippen MR) is 110 cm³/mol. The topological polar surface area (TPSA) is 47.1 Å².